The van der Waals surface area contributed by atoms with Crippen LogP contribution in [0.4, 0.5) is 4.39 Å². The molecular weight excluding hydrogens is 393 g/mol. The normalized spacial score (nSPS) is 15.6. The summed E-state index contributed by atoms with van der Waals surface area (Å²) >= 11 is 0. The third kappa shape index (κ3) is 3.53. The van der Waals surface area contributed by atoms with Crippen LogP contribution in [-0.2, 0) is 9.53 Å². The number of halogens is 1. The van der Waals surface area contributed by atoms with E-state index in [1.807, 2.05) is 60.7 Å². The van der Waals surface area contributed by atoms with Crippen LogP contribution in [0.1, 0.15) is 24.3 Å². The van der Waals surface area contributed by atoms with Crippen LogP contribution in [0.15, 0.2) is 90.0 Å². The second-order valence-electron chi connectivity index (χ2n) is 7.23. The Labute approximate surface area is 178 Å². The van der Waals surface area contributed by atoms with E-state index < -0.39 is 6.23 Å². The molecule has 1 aliphatic rings. The van der Waals surface area contributed by atoms with E-state index in [2.05, 4.69) is 5.10 Å². The zero-order valence-electron chi connectivity index (χ0n) is 16.7. The van der Waals surface area contributed by atoms with Crippen LogP contribution in [0.25, 0.3) is 22.2 Å². The monoisotopic (exact) mass is 411 g/mol. The summed E-state index contributed by atoms with van der Waals surface area (Å²) in [7, 11) is 0. The number of hydrogen-bond acceptors (Lipinski definition) is 4. The average molecular weight is 411 g/mol. The van der Waals surface area contributed by atoms with Gasteiger partial charge in [0.1, 0.15) is 5.82 Å². The fraction of sp³-hybridized carbons (Fsp3) is 0.0800. The van der Waals surface area contributed by atoms with Gasteiger partial charge in [0, 0.05) is 29.0 Å². The minimum absolute atomic E-state index is 0.260. The largest absolute Gasteiger partial charge is 0.446 e. The number of rotatable bonds is 3. The van der Waals surface area contributed by atoms with E-state index in [4.69, 9.17) is 9.72 Å². The Bertz CT molecular complexity index is 1300. The van der Waals surface area contributed by atoms with Crippen molar-refractivity contribution in [2.75, 3.05) is 0 Å². The number of para-hydroxylation sites is 1. The van der Waals surface area contributed by atoms with Gasteiger partial charge >= 0.3 is 0 Å². The first-order chi connectivity index (χ1) is 15.1. The SMILES string of the molecule is CC(=O)N1N=C(c2ccc(F)cc2)O[C@@H]1c1cc(-c2ccccc2)nc2ccccc12. The summed E-state index contributed by atoms with van der Waals surface area (Å²) in [6.45, 7) is 1.44. The van der Waals surface area contributed by atoms with E-state index in [0.717, 1.165) is 27.7 Å². The number of aromatic nitrogens is 1. The Morgan fingerprint density at radius 2 is 1.65 bits per heavy atom. The maximum atomic E-state index is 13.3. The predicted molar refractivity (Wildman–Crippen MR) is 116 cm³/mol. The Balaban J connectivity index is 1.64. The van der Waals surface area contributed by atoms with Gasteiger partial charge in [-0.15, -0.1) is 5.10 Å². The van der Waals surface area contributed by atoms with Crippen molar-refractivity contribution in [3.63, 3.8) is 0 Å². The van der Waals surface area contributed by atoms with E-state index in [1.165, 1.54) is 24.1 Å². The lowest BCUT2D eigenvalue weighted by Gasteiger charge is -2.21. The molecule has 0 saturated carbocycles. The van der Waals surface area contributed by atoms with E-state index in [9.17, 15) is 9.18 Å². The Morgan fingerprint density at radius 1 is 0.935 bits per heavy atom. The van der Waals surface area contributed by atoms with E-state index in [0.29, 0.717) is 5.56 Å². The Hall–Kier alpha value is -4.06. The molecule has 0 bridgehead atoms. The van der Waals surface area contributed by atoms with Gasteiger partial charge in [0.25, 0.3) is 0 Å². The number of hydrazone groups is 1. The fourth-order valence-electron chi connectivity index (χ4n) is 3.64. The van der Waals surface area contributed by atoms with Gasteiger partial charge in [0.2, 0.25) is 18.0 Å². The van der Waals surface area contributed by atoms with E-state index >= 15 is 0 Å². The zero-order valence-corrected chi connectivity index (χ0v) is 16.7. The quantitative estimate of drug-likeness (QED) is 0.461. The van der Waals surface area contributed by atoms with Gasteiger partial charge < -0.3 is 4.74 Å². The lowest BCUT2D eigenvalue weighted by Crippen LogP contribution is -2.25. The van der Waals surface area contributed by atoms with Gasteiger partial charge in [-0.05, 0) is 36.4 Å². The molecule has 0 aliphatic carbocycles. The van der Waals surface area contributed by atoms with Gasteiger partial charge in [0.15, 0.2) is 0 Å². The van der Waals surface area contributed by atoms with Gasteiger partial charge in [-0.2, -0.15) is 5.01 Å². The average Bonchev–Trinajstić information content (AvgIpc) is 3.25. The third-order valence-electron chi connectivity index (χ3n) is 5.14. The van der Waals surface area contributed by atoms with Crippen LogP contribution >= 0.6 is 0 Å². The molecule has 3 aromatic carbocycles. The molecule has 4 aromatic rings. The number of carbonyl (C=O) groups is 1. The number of hydrogen-bond donors (Lipinski definition) is 0. The van der Waals surface area contributed by atoms with Crippen LogP contribution in [0.2, 0.25) is 0 Å². The highest BCUT2D eigenvalue weighted by Crippen LogP contribution is 2.36. The number of nitrogens with zero attached hydrogens (tertiary/aromatic N) is 3. The van der Waals surface area contributed by atoms with Crippen LogP contribution < -0.4 is 0 Å². The molecule has 1 atom stereocenters. The Kier molecular flexibility index (Phi) is 4.67. The molecule has 0 fully saturated rings. The first-order valence-corrected chi connectivity index (χ1v) is 9.86. The lowest BCUT2D eigenvalue weighted by atomic mass is 10.0. The minimum atomic E-state index is -0.757. The summed E-state index contributed by atoms with van der Waals surface area (Å²) < 4.78 is 19.5. The molecule has 0 spiro atoms. The van der Waals surface area contributed by atoms with Gasteiger partial charge in [-0.3, -0.25) is 4.79 Å². The van der Waals surface area contributed by atoms with E-state index in [1.54, 1.807) is 12.1 Å². The van der Waals surface area contributed by atoms with Crippen molar-refractivity contribution >= 4 is 22.7 Å². The van der Waals surface area contributed by atoms with Crippen LogP contribution in [-0.4, -0.2) is 21.8 Å². The van der Waals surface area contributed by atoms with Gasteiger partial charge in [-0.1, -0.05) is 48.5 Å². The van der Waals surface area contributed by atoms with Gasteiger partial charge in [0.05, 0.1) is 11.2 Å². The van der Waals surface area contributed by atoms with Crippen molar-refractivity contribution in [3.8, 4) is 11.3 Å². The van der Waals surface area contributed by atoms with Crippen molar-refractivity contribution in [1.29, 1.82) is 0 Å². The standard InChI is InChI=1S/C25H18FN3O2/c1-16(30)29-25(31-24(28-29)18-11-13-19(26)14-12-18)21-15-23(17-7-3-2-4-8-17)27-22-10-6-5-9-20(21)22/h2-15,25H,1H3/t25-/m1/s1. The molecule has 2 heterocycles. The number of pyridine rings is 1. The second kappa shape index (κ2) is 7.65. The van der Waals surface area contributed by atoms with Crippen molar-refractivity contribution in [1.82, 2.24) is 9.99 Å². The maximum Gasteiger partial charge on any atom is 0.243 e. The number of fused-ring (bicyclic) bond motifs is 1. The summed E-state index contributed by atoms with van der Waals surface area (Å²) in [5, 5.41) is 6.57. The third-order valence-corrected chi connectivity index (χ3v) is 5.14. The number of ether oxygens (including phenoxy) is 1. The minimum Gasteiger partial charge on any atom is -0.446 e. The molecule has 1 aliphatic heterocycles. The highest BCUT2D eigenvalue weighted by atomic mass is 19.1. The molecule has 0 N–H and O–H groups in total. The summed E-state index contributed by atoms with van der Waals surface area (Å²) in [5.74, 6) is -0.346. The van der Waals surface area contributed by atoms with Crippen molar-refractivity contribution in [3.05, 3.63) is 102 Å². The van der Waals surface area contributed by atoms with Crippen LogP contribution in [0.3, 0.4) is 0 Å². The van der Waals surface area contributed by atoms with Crippen LogP contribution in [0, 0.1) is 5.82 Å². The summed E-state index contributed by atoms with van der Waals surface area (Å²) in [5.41, 5.74) is 3.90. The zero-order chi connectivity index (χ0) is 21.4. The Morgan fingerprint density at radius 3 is 2.39 bits per heavy atom. The van der Waals surface area contributed by atoms with Gasteiger partial charge in [-0.25, -0.2) is 9.37 Å². The fourth-order valence-corrected chi connectivity index (χ4v) is 3.64. The molecule has 5 nitrogen and oxygen atoms in total. The topological polar surface area (TPSA) is 54.8 Å². The predicted octanol–water partition coefficient (Wildman–Crippen LogP) is 5.28. The number of amides is 1. The smallest absolute Gasteiger partial charge is 0.243 e. The number of benzene rings is 3. The van der Waals surface area contributed by atoms with Crippen molar-refractivity contribution in [2.45, 2.75) is 13.2 Å². The summed E-state index contributed by atoms with van der Waals surface area (Å²) in [6, 6.07) is 25.3. The van der Waals surface area contributed by atoms with Crippen molar-refractivity contribution < 1.29 is 13.9 Å². The highest BCUT2D eigenvalue weighted by Gasteiger charge is 2.34. The maximum absolute atomic E-state index is 13.3. The molecule has 1 aromatic heterocycles. The molecule has 31 heavy (non-hydrogen) atoms. The molecular formula is C25H18FN3O2. The summed E-state index contributed by atoms with van der Waals surface area (Å²) in [4.78, 5) is 17.2. The molecule has 5 rings (SSSR count). The first kappa shape index (κ1) is 18.9. The number of carbonyl (C=O) groups excluding carboxylic acids is 1. The molecule has 1 amide bonds. The highest BCUT2D eigenvalue weighted by molar-refractivity contribution is 5.97. The summed E-state index contributed by atoms with van der Waals surface area (Å²) in [6.07, 6.45) is -0.757. The molecule has 152 valence electrons. The molecule has 0 unspecified atom stereocenters. The molecule has 6 heteroatoms. The van der Waals surface area contributed by atoms with Crippen LogP contribution in [0.5, 0.6) is 0 Å². The molecule has 0 saturated heterocycles. The van der Waals surface area contributed by atoms with E-state index in [-0.39, 0.29) is 17.6 Å². The second-order valence-corrected chi connectivity index (χ2v) is 7.23. The first-order valence-electron chi connectivity index (χ1n) is 9.86. The lowest BCUT2D eigenvalue weighted by molar-refractivity contribution is -0.135. The molecule has 0 radical (unpaired) electrons. The van der Waals surface area contributed by atoms with Crippen molar-refractivity contribution in [2.24, 2.45) is 5.10 Å².